The number of rotatable bonds is 7. The van der Waals surface area contributed by atoms with E-state index < -0.39 is 0 Å². The average molecular weight is 331 g/mol. The van der Waals surface area contributed by atoms with Gasteiger partial charge in [0.15, 0.2) is 0 Å². The van der Waals surface area contributed by atoms with Crippen molar-refractivity contribution in [3.05, 3.63) is 33.8 Å². The number of halogens is 2. The van der Waals surface area contributed by atoms with Gasteiger partial charge in [0.1, 0.15) is 5.78 Å². The summed E-state index contributed by atoms with van der Waals surface area (Å²) in [6, 6.07) is 4.61. The molecule has 0 fully saturated rings. The van der Waals surface area contributed by atoms with Gasteiger partial charge >= 0.3 is 0 Å². The topological polar surface area (TPSA) is 75.3 Å². The Morgan fingerprint density at radius 1 is 1.05 bits per heavy atom. The predicted octanol–water partition coefficient (Wildman–Crippen LogP) is 2.21. The van der Waals surface area contributed by atoms with Gasteiger partial charge in [0, 0.05) is 31.0 Å². The largest absolute Gasteiger partial charge is 0.354 e. The van der Waals surface area contributed by atoms with E-state index in [4.69, 9.17) is 23.2 Å². The smallest absolute Gasteiger partial charge is 0.252 e. The molecule has 0 radical (unpaired) electrons. The molecule has 0 aliphatic carbocycles. The van der Waals surface area contributed by atoms with Crippen LogP contribution in [0.5, 0.6) is 0 Å². The highest BCUT2D eigenvalue weighted by Gasteiger charge is 2.10. The molecule has 0 saturated carbocycles. The van der Waals surface area contributed by atoms with Crippen molar-refractivity contribution in [3.8, 4) is 0 Å². The number of Topliss-reactive ketones (excluding diaryl/α,β-unsaturated/α-hetero) is 1. The lowest BCUT2D eigenvalue weighted by molar-refractivity contribution is -0.124. The fraction of sp³-hybridized carbons (Fsp3) is 0.357. The summed E-state index contributed by atoms with van der Waals surface area (Å²) in [7, 11) is 0. The average Bonchev–Trinajstić information content (AvgIpc) is 2.43. The monoisotopic (exact) mass is 330 g/mol. The zero-order chi connectivity index (χ0) is 15.8. The van der Waals surface area contributed by atoms with E-state index in [9.17, 15) is 14.4 Å². The molecule has 21 heavy (non-hydrogen) atoms. The first-order valence-corrected chi connectivity index (χ1v) is 7.15. The lowest BCUT2D eigenvalue weighted by atomic mass is 10.2. The third kappa shape index (κ3) is 6.60. The van der Waals surface area contributed by atoms with E-state index in [0.29, 0.717) is 10.0 Å². The highest BCUT2D eigenvalue weighted by Crippen LogP contribution is 2.20. The molecule has 2 amide bonds. The maximum absolute atomic E-state index is 11.9. The minimum atomic E-state index is -0.361. The van der Waals surface area contributed by atoms with Gasteiger partial charge in [-0.25, -0.2) is 0 Å². The first-order valence-electron chi connectivity index (χ1n) is 6.39. The maximum Gasteiger partial charge on any atom is 0.252 e. The van der Waals surface area contributed by atoms with Crippen molar-refractivity contribution in [2.75, 3.05) is 13.1 Å². The van der Waals surface area contributed by atoms with Crippen LogP contribution in [0, 0.1) is 0 Å². The van der Waals surface area contributed by atoms with E-state index in [2.05, 4.69) is 10.6 Å². The van der Waals surface area contributed by atoms with Crippen molar-refractivity contribution < 1.29 is 14.4 Å². The number of nitrogens with one attached hydrogen (secondary N) is 2. The maximum atomic E-state index is 11.9. The van der Waals surface area contributed by atoms with Crippen molar-refractivity contribution >= 4 is 40.8 Å². The number of hydrogen-bond donors (Lipinski definition) is 2. The summed E-state index contributed by atoms with van der Waals surface area (Å²) in [4.78, 5) is 33.9. The van der Waals surface area contributed by atoms with Crippen LogP contribution in [0.2, 0.25) is 10.0 Å². The molecule has 0 aliphatic rings. The Balaban J connectivity index is 2.32. The Labute approximate surface area is 133 Å². The van der Waals surface area contributed by atoms with Crippen LogP contribution in [0.15, 0.2) is 18.2 Å². The molecule has 0 aliphatic heterocycles. The van der Waals surface area contributed by atoms with Gasteiger partial charge in [-0.3, -0.25) is 9.59 Å². The van der Waals surface area contributed by atoms with E-state index in [1.807, 2.05) is 0 Å². The molecule has 114 valence electrons. The lowest BCUT2D eigenvalue weighted by Gasteiger charge is -2.08. The summed E-state index contributed by atoms with van der Waals surface area (Å²) in [5, 5.41) is 5.96. The summed E-state index contributed by atoms with van der Waals surface area (Å²) in [6.45, 7) is 1.97. The molecule has 5 nitrogen and oxygen atoms in total. The zero-order valence-corrected chi connectivity index (χ0v) is 13.1. The van der Waals surface area contributed by atoms with Crippen LogP contribution >= 0.6 is 23.2 Å². The van der Waals surface area contributed by atoms with Crippen LogP contribution in [0.25, 0.3) is 0 Å². The second-order valence-corrected chi connectivity index (χ2v) is 5.28. The SMILES string of the molecule is CC(=O)CCC(=O)NCCNC(=O)c1cc(Cl)ccc1Cl. The van der Waals surface area contributed by atoms with Crippen LogP contribution in [0.3, 0.4) is 0 Å². The molecule has 1 aromatic rings. The van der Waals surface area contributed by atoms with Crippen molar-refractivity contribution in [1.29, 1.82) is 0 Å². The summed E-state index contributed by atoms with van der Waals surface area (Å²) < 4.78 is 0. The molecule has 2 N–H and O–H groups in total. The second-order valence-electron chi connectivity index (χ2n) is 4.43. The molecule has 0 unspecified atom stereocenters. The summed E-state index contributed by atoms with van der Waals surface area (Å²) in [5.74, 6) is -0.616. The first-order chi connectivity index (χ1) is 9.90. The Hall–Kier alpha value is -1.59. The van der Waals surface area contributed by atoms with Crippen LogP contribution in [-0.4, -0.2) is 30.7 Å². The van der Waals surface area contributed by atoms with Crippen molar-refractivity contribution in [2.45, 2.75) is 19.8 Å². The molecule has 0 bridgehead atoms. The standard InChI is InChI=1S/C14H16Cl2N2O3/c1-9(19)2-5-13(20)17-6-7-18-14(21)11-8-10(15)3-4-12(11)16/h3-4,8H,2,5-7H2,1H3,(H,17,20)(H,18,21). The molecule has 0 atom stereocenters. The molecule has 7 heteroatoms. The second kappa shape index (κ2) is 8.64. The molecule has 0 aromatic heterocycles. The molecule has 0 saturated heterocycles. The van der Waals surface area contributed by atoms with E-state index in [0.717, 1.165) is 0 Å². The fourth-order valence-corrected chi connectivity index (χ4v) is 1.90. The minimum Gasteiger partial charge on any atom is -0.354 e. The van der Waals surface area contributed by atoms with E-state index in [1.54, 1.807) is 12.1 Å². The van der Waals surface area contributed by atoms with Crippen LogP contribution in [0.1, 0.15) is 30.1 Å². The van der Waals surface area contributed by atoms with Gasteiger partial charge in [-0.05, 0) is 25.1 Å². The highest BCUT2D eigenvalue weighted by atomic mass is 35.5. The quantitative estimate of drug-likeness (QED) is 0.752. The van der Waals surface area contributed by atoms with Gasteiger partial charge in [0.05, 0.1) is 10.6 Å². The highest BCUT2D eigenvalue weighted by molar-refractivity contribution is 6.35. The van der Waals surface area contributed by atoms with Gasteiger partial charge in [-0.15, -0.1) is 0 Å². The Morgan fingerprint density at radius 2 is 1.71 bits per heavy atom. The Kier molecular flexibility index (Phi) is 7.19. The molecule has 0 heterocycles. The number of carbonyl (C=O) groups is 3. The summed E-state index contributed by atoms with van der Waals surface area (Å²) in [5.41, 5.74) is 0.284. The van der Waals surface area contributed by atoms with Crippen LogP contribution in [-0.2, 0) is 9.59 Å². The van der Waals surface area contributed by atoms with E-state index >= 15 is 0 Å². The molecule has 1 aromatic carbocycles. The van der Waals surface area contributed by atoms with Crippen molar-refractivity contribution in [2.24, 2.45) is 0 Å². The third-order valence-electron chi connectivity index (χ3n) is 2.61. The number of amides is 2. The number of benzene rings is 1. The lowest BCUT2D eigenvalue weighted by Crippen LogP contribution is -2.34. The normalized spacial score (nSPS) is 10.0. The number of ketones is 1. The first kappa shape index (κ1) is 17.5. The Bertz CT molecular complexity index is 547. The summed E-state index contributed by atoms with van der Waals surface area (Å²) in [6.07, 6.45) is 0.375. The molecule has 1 rings (SSSR count). The van der Waals surface area contributed by atoms with Crippen molar-refractivity contribution in [3.63, 3.8) is 0 Å². The van der Waals surface area contributed by atoms with Crippen LogP contribution < -0.4 is 10.6 Å². The molecular weight excluding hydrogens is 315 g/mol. The minimum absolute atomic E-state index is 0.0333. The zero-order valence-electron chi connectivity index (χ0n) is 11.5. The van der Waals surface area contributed by atoms with Gasteiger partial charge in [0.2, 0.25) is 5.91 Å². The predicted molar refractivity (Wildman–Crippen MR) is 81.7 cm³/mol. The molecular formula is C14H16Cl2N2O3. The van der Waals surface area contributed by atoms with E-state index in [-0.39, 0.29) is 49.1 Å². The van der Waals surface area contributed by atoms with Crippen molar-refractivity contribution in [1.82, 2.24) is 10.6 Å². The molecule has 0 spiro atoms. The van der Waals surface area contributed by atoms with Crippen LogP contribution in [0.4, 0.5) is 0 Å². The van der Waals surface area contributed by atoms with Gasteiger partial charge in [-0.1, -0.05) is 23.2 Å². The van der Waals surface area contributed by atoms with Gasteiger partial charge < -0.3 is 15.4 Å². The third-order valence-corrected chi connectivity index (χ3v) is 3.17. The van der Waals surface area contributed by atoms with E-state index in [1.165, 1.54) is 13.0 Å². The van der Waals surface area contributed by atoms with Gasteiger partial charge in [0.25, 0.3) is 5.91 Å². The summed E-state index contributed by atoms with van der Waals surface area (Å²) >= 11 is 11.7. The fourth-order valence-electron chi connectivity index (χ4n) is 1.52. The number of hydrogen-bond acceptors (Lipinski definition) is 3. The van der Waals surface area contributed by atoms with Gasteiger partial charge in [-0.2, -0.15) is 0 Å². The number of carbonyl (C=O) groups excluding carboxylic acids is 3. The Morgan fingerprint density at radius 3 is 2.38 bits per heavy atom.